The molecule has 10 nitrogen and oxygen atoms in total. The van der Waals surface area contributed by atoms with E-state index in [0.29, 0.717) is 36.8 Å². The van der Waals surface area contributed by atoms with Crippen LogP contribution in [0.25, 0.3) is 10.9 Å². The van der Waals surface area contributed by atoms with Gasteiger partial charge in [0.2, 0.25) is 10.0 Å². The molecule has 228 valence electrons. The number of aryl methyl sites for hydroxylation is 2. The maximum absolute atomic E-state index is 13.7. The molecule has 1 aliphatic carbocycles. The van der Waals surface area contributed by atoms with Crippen LogP contribution in [0.2, 0.25) is 0 Å². The van der Waals surface area contributed by atoms with Crippen LogP contribution in [0.5, 0.6) is 0 Å². The van der Waals surface area contributed by atoms with Crippen molar-refractivity contribution in [2.45, 2.75) is 76.6 Å². The van der Waals surface area contributed by atoms with Gasteiger partial charge in [0.25, 0.3) is 12.4 Å². The summed E-state index contributed by atoms with van der Waals surface area (Å²) in [5.41, 5.74) is 3.83. The average Bonchev–Trinajstić information content (AvgIpc) is 3.32. The second-order valence-electron chi connectivity index (χ2n) is 11.1. The van der Waals surface area contributed by atoms with Gasteiger partial charge in [0.15, 0.2) is 0 Å². The highest BCUT2D eigenvalue weighted by Gasteiger charge is 2.29. The summed E-state index contributed by atoms with van der Waals surface area (Å²) in [6.07, 6.45) is 8.37. The number of aromatic nitrogens is 1. The molecule has 0 spiro atoms. The van der Waals surface area contributed by atoms with Crippen LogP contribution in [0.1, 0.15) is 60.5 Å². The topological polar surface area (TPSA) is 141 Å². The first kappa shape index (κ1) is 31.5. The number of carboxylic acid groups (broad SMARTS) is 1. The molecule has 5 rings (SSSR count). The normalized spacial score (nSPS) is 17.9. The van der Waals surface area contributed by atoms with Crippen LogP contribution in [0.4, 0.5) is 5.69 Å². The van der Waals surface area contributed by atoms with Crippen LogP contribution < -0.4 is 14.9 Å². The van der Waals surface area contributed by atoms with Crippen molar-refractivity contribution >= 4 is 39.0 Å². The fraction of sp³-hybridized carbons (Fsp3) is 0.484. The quantitative estimate of drug-likeness (QED) is 0.277. The van der Waals surface area contributed by atoms with E-state index >= 15 is 0 Å². The third kappa shape index (κ3) is 7.32. The maximum atomic E-state index is 13.7. The van der Waals surface area contributed by atoms with E-state index in [2.05, 4.69) is 17.6 Å². The number of aliphatic hydroxyl groups is 1. The van der Waals surface area contributed by atoms with Crippen LogP contribution in [0.15, 0.2) is 48.7 Å². The molecule has 2 atom stereocenters. The minimum Gasteiger partial charge on any atom is -0.483 e. The lowest BCUT2D eigenvalue weighted by molar-refractivity contribution is -0.122. The van der Waals surface area contributed by atoms with Gasteiger partial charge in [0.1, 0.15) is 0 Å². The third-order valence-corrected chi connectivity index (χ3v) is 10.1. The predicted molar refractivity (Wildman–Crippen MR) is 164 cm³/mol. The number of carbonyl (C=O) groups excluding carboxylic acids is 1. The minimum atomic E-state index is -3.51. The van der Waals surface area contributed by atoms with Gasteiger partial charge in [-0.25, -0.2) is 8.42 Å². The van der Waals surface area contributed by atoms with E-state index in [9.17, 15) is 18.3 Å². The van der Waals surface area contributed by atoms with Gasteiger partial charge < -0.3 is 25.4 Å². The van der Waals surface area contributed by atoms with Crippen LogP contribution in [-0.2, 0) is 34.2 Å². The van der Waals surface area contributed by atoms with Crippen LogP contribution in [-0.4, -0.2) is 73.1 Å². The highest BCUT2D eigenvalue weighted by molar-refractivity contribution is 7.92. The zero-order chi connectivity index (χ0) is 30.3. The Labute approximate surface area is 247 Å². The summed E-state index contributed by atoms with van der Waals surface area (Å²) in [7, 11) is -1.95. The van der Waals surface area contributed by atoms with Gasteiger partial charge in [-0.15, -0.1) is 0 Å². The molecule has 1 amide bonds. The summed E-state index contributed by atoms with van der Waals surface area (Å²) in [6.45, 7) is 2.58. The van der Waals surface area contributed by atoms with Crippen molar-refractivity contribution in [3.05, 3.63) is 65.4 Å². The number of amides is 1. The van der Waals surface area contributed by atoms with Crippen LogP contribution in [0.3, 0.4) is 0 Å². The zero-order valence-electron chi connectivity index (χ0n) is 24.3. The van der Waals surface area contributed by atoms with Crippen LogP contribution in [0, 0.1) is 0 Å². The summed E-state index contributed by atoms with van der Waals surface area (Å²) < 4.78 is 29.1. The van der Waals surface area contributed by atoms with Crippen molar-refractivity contribution in [1.82, 2.24) is 15.2 Å². The van der Waals surface area contributed by atoms with Gasteiger partial charge in [0, 0.05) is 43.3 Å². The smallest absolute Gasteiger partial charge is 0.290 e. The number of hydrogen-bond acceptors (Lipinski definition) is 6. The van der Waals surface area contributed by atoms with Crippen molar-refractivity contribution in [2.75, 3.05) is 23.7 Å². The van der Waals surface area contributed by atoms with Crippen molar-refractivity contribution in [3.63, 3.8) is 0 Å². The van der Waals surface area contributed by atoms with Gasteiger partial charge in [-0.2, -0.15) is 0 Å². The van der Waals surface area contributed by atoms with Crippen molar-refractivity contribution < 1.29 is 28.2 Å². The summed E-state index contributed by atoms with van der Waals surface area (Å²) in [5.74, 6) is -0.318. The second kappa shape index (κ2) is 14.2. The van der Waals surface area contributed by atoms with E-state index in [1.165, 1.54) is 23.6 Å². The molecule has 0 saturated heterocycles. The van der Waals surface area contributed by atoms with Gasteiger partial charge in [-0.1, -0.05) is 56.5 Å². The first-order chi connectivity index (χ1) is 20.2. The Bertz CT molecular complexity index is 1470. The zero-order valence-corrected chi connectivity index (χ0v) is 25.1. The third-order valence-electron chi connectivity index (χ3n) is 8.32. The highest BCUT2D eigenvalue weighted by Crippen LogP contribution is 2.35. The number of nitrogens with zero attached hydrogens (tertiary/aromatic N) is 2. The van der Waals surface area contributed by atoms with Gasteiger partial charge in [-0.05, 0) is 48.9 Å². The first-order valence-electron chi connectivity index (χ1n) is 14.6. The number of hydrogen-bond donors (Lipinski definition) is 4. The Morgan fingerprint density at radius 1 is 1.14 bits per heavy atom. The molecular weight excluding hydrogens is 556 g/mol. The molecule has 42 heavy (non-hydrogen) atoms. The number of benzene rings is 2. The van der Waals surface area contributed by atoms with Gasteiger partial charge in [-0.3, -0.25) is 13.9 Å². The molecule has 0 unspecified atom stereocenters. The lowest BCUT2D eigenvalue weighted by atomic mass is 9.94. The first-order valence-corrected chi connectivity index (χ1v) is 16.3. The number of sulfonamides is 1. The lowest BCUT2D eigenvalue weighted by Gasteiger charge is -2.28. The molecule has 2 heterocycles. The molecule has 0 radical (unpaired) electrons. The Hall–Kier alpha value is -3.41. The predicted octanol–water partition coefficient (Wildman–Crippen LogP) is 3.31. The van der Waals surface area contributed by atoms with Crippen molar-refractivity contribution in [1.29, 1.82) is 0 Å². The SMILES string of the molecule is CCc1cn2c3c(cc(C(=O)N[C@@H](Cc4ccccc4)[C@H](O)CNC4CCCCC4)cc13)N(C)S(=O)(=O)CC2.O=CO. The fourth-order valence-corrected chi connectivity index (χ4v) is 7.10. The number of anilines is 1. The van der Waals surface area contributed by atoms with Crippen LogP contribution >= 0.6 is 0 Å². The number of aliphatic hydroxyl groups excluding tert-OH is 1. The Balaban J connectivity index is 0.00000129. The molecule has 0 bridgehead atoms. The molecule has 1 aromatic heterocycles. The molecule has 2 aliphatic rings. The van der Waals surface area contributed by atoms with E-state index in [1.807, 2.05) is 47.2 Å². The molecule has 1 aliphatic heterocycles. The van der Waals surface area contributed by atoms with Crippen molar-refractivity contribution in [2.24, 2.45) is 0 Å². The number of carbonyl (C=O) groups is 2. The number of nitrogens with one attached hydrogen (secondary N) is 2. The average molecular weight is 599 g/mol. The molecule has 3 aromatic rings. The largest absolute Gasteiger partial charge is 0.483 e. The monoisotopic (exact) mass is 598 g/mol. The van der Waals surface area contributed by atoms with E-state index in [1.54, 1.807) is 13.1 Å². The minimum absolute atomic E-state index is 0.00593. The Morgan fingerprint density at radius 3 is 2.50 bits per heavy atom. The Morgan fingerprint density at radius 2 is 1.83 bits per heavy atom. The summed E-state index contributed by atoms with van der Waals surface area (Å²) in [6, 6.07) is 13.3. The van der Waals surface area contributed by atoms with E-state index in [4.69, 9.17) is 9.90 Å². The lowest BCUT2D eigenvalue weighted by Crippen LogP contribution is -2.50. The van der Waals surface area contributed by atoms with Gasteiger partial charge >= 0.3 is 0 Å². The molecule has 2 aromatic carbocycles. The second-order valence-corrected chi connectivity index (χ2v) is 13.2. The fourth-order valence-electron chi connectivity index (χ4n) is 5.96. The molecular formula is C31H42N4O6S. The molecule has 1 saturated carbocycles. The maximum Gasteiger partial charge on any atom is 0.290 e. The van der Waals surface area contributed by atoms with Crippen molar-refractivity contribution in [3.8, 4) is 0 Å². The number of rotatable bonds is 9. The molecule has 4 N–H and O–H groups in total. The van der Waals surface area contributed by atoms with Gasteiger partial charge in [0.05, 0.1) is 29.1 Å². The van der Waals surface area contributed by atoms with E-state index in [-0.39, 0.29) is 18.1 Å². The highest BCUT2D eigenvalue weighted by atomic mass is 32.2. The summed E-state index contributed by atoms with van der Waals surface area (Å²) >= 11 is 0. The molecule has 1 fully saturated rings. The molecule has 11 heteroatoms. The Kier molecular flexibility index (Phi) is 10.6. The van der Waals surface area contributed by atoms with E-state index in [0.717, 1.165) is 41.3 Å². The standard InChI is InChI=1S/C30H40N4O4S.CH2O2/c1-3-22-20-34-14-15-39(37,38)33(2)27-18-23(17-25(22)29(27)34)30(36)32-26(16-21-10-6-4-7-11-21)28(35)19-31-24-12-8-5-9-13-24;2-1-3/h4,6-7,10-11,17-18,20,24,26,28,31,35H,3,5,8-9,12-16,19H2,1-2H3,(H,32,36);1H,(H,2,3)/t26-,28+;/m0./s1. The van der Waals surface area contributed by atoms with E-state index < -0.39 is 22.2 Å². The summed E-state index contributed by atoms with van der Waals surface area (Å²) in [4.78, 5) is 22.1. The summed E-state index contributed by atoms with van der Waals surface area (Å²) in [5, 5.41) is 25.6.